The Kier molecular flexibility index (Phi) is 6.52. The van der Waals surface area contributed by atoms with Gasteiger partial charge < -0.3 is 18.1 Å². The summed E-state index contributed by atoms with van der Waals surface area (Å²) in [6.07, 6.45) is 0.954. The van der Waals surface area contributed by atoms with Gasteiger partial charge >= 0.3 is 0 Å². The van der Waals surface area contributed by atoms with Gasteiger partial charge in [0, 0.05) is 5.69 Å². The molecule has 0 aliphatic heterocycles. The number of benzene rings is 4. The maximum Gasteiger partial charge on any atom is 0.116 e. The minimum absolute atomic E-state index is 0. The highest BCUT2D eigenvalue weighted by atomic mass is 35.5. The molecule has 0 radical (unpaired) electrons. The summed E-state index contributed by atoms with van der Waals surface area (Å²) < 4.78 is 0. The predicted octanol–water partition coefficient (Wildman–Crippen LogP) is 1.77. The van der Waals surface area contributed by atoms with Crippen LogP contribution in [0.25, 0.3) is 0 Å². The average Bonchev–Trinajstić information content (AvgIpc) is 2.74. The number of nitrogen functional groups attached to an aromatic ring is 1. The van der Waals surface area contributed by atoms with Gasteiger partial charge in [0.25, 0.3) is 0 Å². The standard InChI is InChI=1S/C25H23NP.ClH/c26-22-12-10-11-21(19-22)20-27(23-13-4-1-5-14-23,24-15-6-2-7-16-24)25-17-8-3-9-18-25;/h1-19H,20,26H2;1H/q+1;/p-1. The Morgan fingerprint density at radius 3 is 1.36 bits per heavy atom. The lowest BCUT2D eigenvalue weighted by atomic mass is 10.2. The first-order chi connectivity index (χ1) is 13.3. The van der Waals surface area contributed by atoms with Gasteiger partial charge in [-0.1, -0.05) is 66.7 Å². The molecule has 0 unspecified atom stereocenters. The molecule has 0 heterocycles. The van der Waals surface area contributed by atoms with Crippen LogP contribution in [0.1, 0.15) is 5.56 Å². The second-order valence-electron chi connectivity index (χ2n) is 6.72. The first-order valence-corrected chi connectivity index (χ1v) is 11.2. The predicted molar refractivity (Wildman–Crippen MR) is 120 cm³/mol. The number of hydrogen-bond acceptors (Lipinski definition) is 1. The van der Waals surface area contributed by atoms with Crippen LogP contribution in [0.2, 0.25) is 0 Å². The monoisotopic (exact) mass is 403 g/mol. The summed E-state index contributed by atoms with van der Waals surface area (Å²) in [6.45, 7) is 0. The molecular weight excluding hydrogens is 381 g/mol. The van der Waals surface area contributed by atoms with E-state index in [-0.39, 0.29) is 12.4 Å². The average molecular weight is 404 g/mol. The van der Waals surface area contributed by atoms with Crippen molar-refractivity contribution in [1.29, 1.82) is 0 Å². The molecule has 0 fully saturated rings. The van der Waals surface area contributed by atoms with Crippen LogP contribution in [0.4, 0.5) is 5.69 Å². The van der Waals surface area contributed by atoms with Gasteiger partial charge in [0.2, 0.25) is 0 Å². The number of hydrogen-bond donors (Lipinski definition) is 1. The zero-order valence-corrected chi connectivity index (χ0v) is 17.2. The molecule has 28 heavy (non-hydrogen) atoms. The van der Waals surface area contributed by atoms with Crippen LogP contribution in [0.5, 0.6) is 0 Å². The van der Waals surface area contributed by atoms with E-state index >= 15 is 0 Å². The van der Waals surface area contributed by atoms with Crippen LogP contribution in [0.3, 0.4) is 0 Å². The summed E-state index contributed by atoms with van der Waals surface area (Å²) in [6, 6.07) is 41.2. The fraction of sp³-hybridized carbons (Fsp3) is 0.0400. The van der Waals surface area contributed by atoms with Crippen LogP contribution in [-0.4, -0.2) is 0 Å². The first-order valence-electron chi connectivity index (χ1n) is 9.18. The van der Waals surface area contributed by atoms with Crippen molar-refractivity contribution >= 4 is 28.9 Å². The maximum atomic E-state index is 6.11. The van der Waals surface area contributed by atoms with E-state index in [1.165, 1.54) is 21.5 Å². The SMILES string of the molecule is Nc1cccc(C[P+](c2ccccc2)(c2ccccc2)c2ccccc2)c1.[Cl-]. The maximum absolute atomic E-state index is 6.11. The number of anilines is 1. The molecule has 4 aromatic carbocycles. The summed E-state index contributed by atoms with van der Waals surface area (Å²) in [5.74, 6) is 0. The van der Waals surface area contributed by atoms with Gasteiger partial charge in [-0.3, -0.25) is 0 Å². The van der Waals surface area contributed by atoms with Crippen LogP contribution in [0.15, 0.2) is 115 Å². The lowest BCUT2D eigenvalue weighted by Crippen LogP contribution is -3.00. The highest BCUT2D eigenvalue weighted by Gasteiger charge is 2.45. The van der Waals surface area contributed by atoms with Crippen LogP contribution in [0, 0.1) is 0 Å². The molecule has 0 atom stereocenters. The summed E-state index contributed by atoms with van der Waals surface area (Å²) in [7, 11) is -1.85. The molecule has 4 aromatic rings. The molecule has 0 amide bonds. The van der Waals surface area contributed by atoms with E-state index in [4.69, 9.17) is 5.73 Å². The normalized spacial score (nSPS) is 10.9. The molecule has 0 saturated carbocycles. The minimum atomic E-state index is -1.85. The van der Waals surface area contributed by atoms with Gasteiger partial charge in [0.05, 0.1) is 6.16 Å². The Morgan fingerprint density at radius 1 is 0.536 bits per heavy atom. The molecular formula is C25H23ClNP. The fourth-order valence-corrected chi connectivity index (χ4v) is 7.96. The van der Waals surface area contributed by atoms with E-state index in [2.05, 4.69) is 109 Å². The summed E-state index contributed by atoms with van der Waals surface area (Å²) in [5.41, 5.74) is 8.20. The van der Waals surface area contributed by atoms with Crippen molar-refractivity contribution in [3.05, 3.63) is 121 Å². The molecule has 3 heteroatoms. The molecule has 0 aliphatic rings. The highest BCUT2D eigenvalue weighted by Crippen LogP contribution is 2.58. The molecule has 2 N–H and O–H groups in total. The second-order valence-corrected chi connectivity index (χ2v) is 10.2. The molecule has 0 aliphatic carbocycles. The van der Waals surface area contributed by atoms with Crippen molar-refractivity contribution in [2.24, 2.45) is 0 Å². The van der Waals surface area contributed by atoms with Crippen molar-refractivity contribution < 1.29 is 12.4 Å². The van der Waals surface area contributed by atoms with Gasteiger partial charge in [-0.15, -0.1) is 0 Å². The van der Waals surface area contributed by atoms with E-state index < -0.39 is 7.26 Å². The van der Waals surface area contributed by atoms with E-state index in [9.17, 15) is 0 Å². The first kappa shape index (κ1) is 20.1. The van der Waals surface area contributed by atoms with Crippen LogP contribution >= 0.6 is 7.26 Å². The summed E-state index contributed by atoms with van der Waals surface area (Å²) in [4.78, 5) is 0. The van der Waals surface area contributed by atoms with E-state index in [1.54, 1.807) is 0 Å². The summed E-state index contributed by atoms with van der Waals surface area (Å²) >= 11 is 0. The lowest BCUT2D eigenvalue weighted by molar-refractivity contribution is -0.00000528. The van der Waals surface area contributed by atoms with Gasteiger partial charge in [-0.25, -0.2) is 0 Å². The van der Waals surface area contributed by atoms with Crippen LogP contribution in [-0.2, 0) is 6.16 Å². The van der Waals surface area contributed by atoms with E-state index in [0.717, 1.165) is 11.8 Å². The zero-order chi connectivity index (χ0) is 18.5. The number of rotatable bonds is 5. The van der Waals surface area contributed by atoms with Crippen molar-refractivity contribution in [1.82, 2.24) is 0 Å². The second kappa shape index (κ2) is 9.06. The largest absolute Gasteiger partial charge is 1.00 e. The highest BCUT2D eigenvalue weighted by molar-refractivity contribution is 7.95. The van der Waals surface area contributed by atoms with Gasteiger partial charge in [0.1, 0.15) is 23.2 Å². The Morgan fingerprint density at radius 2 is 0.964 bits per heavy atom. The van der Waals surface area contributed by atoms with Gasteiger partial charge in [-0.05, 0) is 54.1 Å². The van der Waals surface area contributed by atoms with Crippen LogP contribution < -0.4 is 34.1 Å². The Labute approximate surface area is 174 Å². The third-order valence-corrected chi connectivity index (χ3v) is 9.34. The van der Waals surface area contributed by atoms with E-state index in [1.807, 2.05) is 6.07 Å². The van der Waals surface area contributed by atoms with Crippen molar-refractivity contribution in [2.45, 2.75) is 6.16 Å². The van der Waals surface area contributed by atoms with E-state index in [0.29, 0.717) is 0 Å². The quantitative estimate of drug-likeness (QED) is 0.399. The van der Waals surface area contributed by atoms with Crippen molar-refractivity contribution in [3.8, 4) is 0 Å². The fourth-order valence-electron chi connectivity index (χ4n) is 3.73. The smallest absolute Gasteiger partial charge is 0.116 e. The van der Waals surface area contributed by atoms with Gasteiger partial charge in [0.15, 0.2) is 0 Å². The number of nitrogens with two attached hydrogens (primary N) is 1. The molecule has 0 saturated heterocycles. The molecule has 1 nitrogen and oxygen atoms in total. The lowest BCUT2D eigenvalue weighted by Gasteiger charge is -2.28. The molecule has 140 valence electrons. The summed E-state index contributed by atoms with van der Waals surface area (Å²) in [5, 5.41) is 4.18. The Bertz CT molecular complexity index is 907. The van der Waals surface area contributed by atoms with Gasteiger partial charge in [-0.2, -0.15) is 0 Å². The number of halogens is 1. The third kappa shape index (κ3) is 3.97. The Hall–Kier alpha value is -2.60. The molecule has 0 bridgehead atoms. The third-order valence-electron chi connectivity index (χ3n) is 4.96. The minimum Gasteiger partial charge on any atom is -1.00 e. The molecule has 4 rings (SSSR count). The molecule has 0 spiro atoms. The van der Waals surface area contributed by atoms with Crippen molar-refractivity contribution in [2.75, 3.05) is 5.73 Å². The molecule has 0 aromatic heterocycles. The topological polar surface area (TPSA) is 26.0 Å². The van der Waals surface area contributed by atoms with Crippen molar-refractivity contribution in [3.63, 3.8) is 0 Å². The Balaban J connectivity index is 0.00000225. The zero-order valence-electron chi connectivity index (χ0n) is 15.6.